The van der Waals surface area contributed by atoms with Crippen molar-refractivity contribution in [1.82, 2.24) is 0 Å². The Balaban J connectivity index is 2.80. The highest BCUT2D eigenvalue weighted by Gasteiger charge is 2.07. The van der Waals surface area contributed by atoms with Crippen LogP contribution in [0.4, 0.5) is 0 Å². The monoisotopic (exact) mass is 221 g/mol. The molecule has 0 bridgehead atoms. The van der Waals surface area contributed by atoms with Gasteiger partial charge in [-0.05, 0) is 43.4 Å². The molecule has 1 rings (SSSR count). The van der Waals surface area contributed by atoms with Gasteiger partial charge in [-0.15, -0.1) is 0 Å². The molecule has 2 N–H and O–H groups in total. The number of hydrogen-bond donors (Lipinski definition) is 1. The predicted octanol–water partition coefficient (Wildman–Crippen LogP) is 3.06. The summed E-state index contributed by atoms with van der Waals surface area (Å²) in [5, 5.41) is 0. The Morgan fingerprint density at radius 1 is 1.31 bits per heavy atom. The molecule has 1 aromatic carbocycles. The fraction of sp³-hybridized carbons (Fsp3) is 0.571. The molecule has 0 saturated carbocycles. The molecule has 0 heterocycles. The standard InChI is InChI=1S/C14H23NO/c1-4-8-16-14-9-11(3)6-7-12(14)10-13(15)5-2/h6-7,9,13H,4-5,8,10,15H2,1-3H3. The molecule has 1 unspecified atom stereocenters. The fourth-order valence-corrected chi connectivity index (χ4v) is 1.60. The molecule has 0 radical (unpaired) electrons. The number of aryl methyl sites for hydroxylation is 1. The molecule has 16 heavy (non-hydrogen) atoms. The first kappa shape index (κ1) is 13.0. The van der Waals surface area contributed by atoms with E-state index >= 15 is 0 Å². The lowest BCUT2D eigenvalue weighted by atomic mass is 10.0. The molecule has 0 aliphatic rings. The van der Waals surface area contributed by atoms with E-state index in [9.17, 15) is 0 Å². The topological polar surface area (TPSA) is 35.2 Å². The number of rotatable bonds is 6. The molecular formula is C14H23NO. The molecule has 2 nitrogen and oxygen atoms in total. The van der Waals surface area contributed by atoms with Gasteiger partial charge in [0, 0.05) is 6.04 Å². The fourth-order valence-electron chi connectivity index (χ4n) is 1.60. The minimum atomic E-state index is 0.228. The molecular weight excluding hydrogens is 198 g/mol. The van der Waals surface area contributed by atoms with Gasteiger partial charge in [-0.25, -0.2) is 0 Å². The first-order valence-corrected chi connectivity index (χ1v) is 6.15. The second-order valence-corrected chi connectivity index (χ2v) is 4.33. The van der Waals surface area contributed by atoms with E-state index in [4.69, 9.17) is 10.5 Å². The third-order valence-corrected chi connectivity index (χ3v) is 2.69. The van der Waals surface area contributed by atoms with Crippen LogP contribution in [-0.4, -0.2) is 12.6 Å². The van der Waals surface area contributed by atoms with Crippen LogP contribution < -0.4 is 10.5 Å². The smallest absolute Gasteiger partial charge is 0.122 e. The Morgan fingerprint density at radius 3 is 2.69 bits per heavy atom. The van der Waals surface area contributed by atoms with Crippen molar-refractivity contribution < 1.29 is 4.74 Å². The minimum Gasteiger partial charge on any atom is -0.493 e. The summed E-state index contributed by atoms with van der Waals surface area (Å²) in [5.41, 5.74) is 8.45. The van der Waals surface area contributed by atoms with Gasteiger partial charge in [-0.1, -0.05) is 26.0 Å². The van der Waals surface area contributed by atoms with Crippen LogP contribution in [0, 0.1) is 6.92 Å². The normalized spacial score (nSPS) is 12.5. The molecule has 90 valence electrons. The van der Waals surface area contributed by atoms with Gasteiger partial charge < -0.3 is 10.5 Å². The molecule has 0 saturated heterocycles. The Kier molecular flexibility index (Phi) is 5.33. The van der Waals surface area contributed by atoms with Crippen molar-refractivity contribution in [2.45, 2.75) is 46.1 Å². The van der Waals surface area contributed by atoms with Crippen LogP contribution in [0.15, 0.2) is 18.2 Å². The summed E-state index contributed by atoms with van der Waals surface area (Å²) in [6, 6.07) is 6.59. The Labute approximate surface area is 98.8 Å². The molecule has 0 fully saturated rings. The summed E-state index contributed by atoms with van der Waals surface area (Å²) in [7, 11) is 0. The maximum atomic E-state index is 5.99. The Hall–Kier alpha value is -1.02. The van der Waals surface area contributed by atoms with Gasteiger partial charge in [0.1, 0.15) is 5.75 Å². The number of hydrogen-bond acceptors (Lipinski definition) is 2. The summed E-state index contributed by atoms with van der Waals surface area (Å²) in [6.07, 6.45) is 2.93. The van der Waals surface area contributed by atoms with Gasteiger partial charge in [0.15, 0.2) is 0 Å². The molecule has 1 atom stereocenters. The summed E-state index contributed by atoms with van der Waals surface area (Å²) >= 11 is 0. The van der Waals surface area contributed by atoms with Crippen LogP contribution in [0.25, 0.3) is 0 Å². The first-order chi connectivity index (χ1) is 7.67. The van der Waals surface area contributed by atoms with Crippen molar-refractivity contribution in [2.75, 3.05) is 6.61 Å². The molecule has 0 aliphatic carbocycles. The molecule has 2 heteroatoms. The molecule has 0 amide bonds. The van der Waals surface area contributed by atoms with Crippen molar-refractivity contribution >= 4 is 0 Å². The van der Waals surface area contributed by atoms with Gasteiger partial charge in [0.05, 0.1) is 6.61 Å². The van der Waals surface area contributed by atoms with Crippen molar-refractivity contribution in [3.63, 3.8) is 0 Å². The summed E-state index contributed by atoms with van der Waals surface area (Å²) in [6.45, 7) is 7.10. The maximum absolute atomic E-state index is 5.99. The largest absolute Gasteiger partial charge is 0.493 e. The Morgan fingerprint density at radius 2 is 2.06 bits per heavy atom. The molecule has 0 spiro atoms. The maximum Gasteiger partial charge on any atom is 0.122 e. The number of benzene rings is 1. The number of ether oxygens (including phenoxy) is 1. The highest BCUT2D eigenvalue weighted by atomic mass is 16.5. The van der Waals surface area contributed by atoms with Gasteiger partial charge in [-0.2, -0.15) is 0 Å². The van der Waals surface area contributed by atoms with Crippen LogP contribution in [0.2, 0.25) is 0 Å². The van der Waals surface area contributed by atoms with E-state index < -0.39 is 0 Å². The van der Waals surface area contributed by atoms with Crippen LogP contribution in [-0.2, 0) is 6.42 Å². The summed E-state index contributed by atoms with van der Waals surface area (Å²) in [4.78, 5) is 0. The minimum absolute atomic E-state index is 0.228. The lowest BCUT2D eigenvalue weighted by Crippen LogP contribution is -2.21. The number of nitrogens with two attached hydrogens (primary N) is 1. The van der Waals surface area contributed by atoms with Crippen molar-refractivity contribution in [1.29, 1.82) is 0 Å². The third-order valence-electron chi connectivity index (χ3n) is 2.69. The van der Waals surface area contributed by atoms with Crippen LogP contribution in [0.3, 0.4) is 0 Å². The van der Waals surface area contributed by atoms with E-state index in [1.807, 2.05) is 0 Å². The highest BCUT2D eigenvalue weighted by Crippen LogP contribution is 2.22. The Bertz CT molecular complexity index is 323. The predicted molar refractivity (Wildman–Crippen MR) is 68.9 cm³/mol. The van der Waals surface area contributed by atoms with Gasteiger partial charge >= 0.3 is 0 Å². The van der Waals surface area contributed by atoms with Gasteiger partial charge in [-0.3, -0.25) is 0 Å². The van der Waals surface area contributed by atoms with Crippen molar-refractivity contribution in [2.24, 2.45) is 5.73 Å². The zero-order valence-corrected chi connectivity index (χ0v) is 10.6. The lowest BCUT2D eigenvalue weighted by Gasteiger charge is -2.14. The first-order valence-electron chi connectivity index (χ1n) is 6.15. The SMILES string of the molecule is CCCOc1cc(C)ccc1CC(N)CC. The molecule has 0 aromatic heterocycles. The van der Waals surface area contributed by atoms with E-state index in [1.165, 1.54) is 11.1 Å². The third kappa shape index (κ3) is 3.86. The second-order valence-electron chi connectivity index (χ2n) is 4.33. The van der Waals surface area contributed by atoms with E-state index in [-0.39, 0.29) is 6.04 Å². The van der Waals surface area contributed by atoms with Crippen LogP contribution in [0.1, 0.15) is 37.8 Å². The molecule has 1 aromatic rings. The zero-order valence-electron chi connectivity index (χ0n) is 10.6. The highest BCUT2D eigenvalue weighted by molar-refractivity contribution is 5.37. The van der Waals surface area contributed by atoms with E-state index in [2.05, 4.69) is 39.0 Å². The summed E-state index contributed by atoms with van der Waals surface area (Å²) in [5.74, 6) is 1.01. The average Bonchev–Trinajstić information content (AvgIpc) is 2.29. The van der Waals surface area contributed by atoms with Gasteiger partial charge in [0.2, 0.25) is 0 Å². The van der Waals surface area contributed by atoms with Gasteiger partial charge in [0.25, 0.3) is 0 Å². The quantitative estimate of drug-likeness (QED) is 0.801. The molecule has 0 aliphatic heterocycles. The van der Waals surface area contributed by atoms with E-state index in [0.29, 0.717) is 0 Å². The van der Waals surface area contributed by atoms with E-state index in [1.54, 1.807) is 0 Å². The van der Waals surface area contributed by atoms with Crippen molar-refractivity contribution in [3.8, 4) is 5.75 Å². The van der Waals surface area contributed by atoms with E-state index in [0.717, 1.165) is 31.6 Å². The average molecular weight is 221 g/mol. The van der Waals surface area contributed by atoms with Crippen LogP contribution >= 0.6 is 0 Å². The zero-order chi connectivity index (χ0) is 12.0. The van der Waals surface area contributed by atoms with Crippen molar-refractivity contribution in [3.05, 3.63) is 29.3 Å². The second kappa shape index (κ2) is 6.54. The van der Waals surface area contributed by atoms with Crippen LogP contribution in [0.5, 0.6) is 5.75 Å². The summed E-state index contributed by atoms with van der Waals surface area (Å²) < 4.78 is 5.76. The lowest BCUT2D eigenvalue weighted by molar-refractivity contribution is 0.313.